The van der Waals surface area contributed by atoms with Crippen LogP contribution in [0.4, 0.5) is 0 Å². The molecule has 0 saturated heterocycles. The van der Waals surface area contributed by atoms with Crippen LogP contribution in [-0.2, 0) is 25.5 Å². The van der Waals surface area contributed by atoms with Crippen molar-refractivity contribution in [3.8, 4) is 22.5 Å². The molecule has 223 valence electrons. The summed E-state index contributed by atoms with van der Waals surface area (Å²) in [6, 6.07) is 28.5. The summed E-state index contributed by atoms with van der Waals surface area (Å²) in [5, 5.41) is 3.34. The summed E-state index contributed by atoms with van der Waals surface area (Å²) in [6.07, 6.45) is 5.50. The number of hydrogen-bond donors (Lipinski definition) is 0. The molecule has 0 bridgehead atoms. The zero-order valence-electron chi connectivity index (χ0n) is 27.2. The van der Waals surface area contributed by atoms with Gasteiger partial charge in [0.15, 0.2) is 0 Å². The summed E-state index contributed by atoms with van der Waals surface area (Å²) in [4.78, 5) is 13.3. The molecule has 1 radical (unpaired) electrons. The predicted octanol–water partition coefficient (Wildman–Crippen LogP) is 9.36. The predicted molar refractivity (Wildman–Crippen MR) is 178 cm³/mol. The van der Waals surface area contributed by atoms with Crippen LogP contribution in [0.15, 0.2) is 89.7 Å². The minimum absolute atomic E-state index is 0. The van der Waals surface area contributed by atoms with Crippen molar-refractivity contribution in [2.75, 3.05) is 0 Å². The van der Waals surface area contributed by atoms with Crippen LogP contribution in [0.1, 0.15) is 53.0 Å². The molecule has 4 aromatic heterocycles. The SMILES string of the molecule is [2H]C(C)(C)c1cc(-c2[c-]ccc(C(C)(C)C)c2)ncc1[Si](C)(C)C.[Ir].[c-]1ccc2c(oc3ncccc32)c1-c1ccccn1. The van der Waals surface area contributed by atoms with E-state index in [9.17, 15) is 0 Å². The van der Waals surface area contributed by atoms with Crippen LogP contribution in [0.25, 0.3) is 44.6 Å². The number of fused-ring (bicyclic) bond motifs is 3. The smallest absolute Gasteiger partial charge is 0.216 e. The first kappa shape index (κ1) is 31.0. The monoisotopic (exact) mass is 763 g/mol. The van der Waals surface area contributed by atoms with Gasteiger partial charge in [-0.1, -0.05) is 89.0 Å². The second-order valence-corrected chi connectivity index (χ2v) is 17.9. The first-order valence-electron chi connectivity index (χ1n) is 14.9. The van der Waals surface area contributed by atoms with Crippen molar-refractivity contribution < 1.29 is 25.9 Å². The van der Waals surface area contributed by atoms with Crippen molar-refractivity contribution in [1.82, 2.24) is 15.0 Å². The van der Waals surface area contributed by atoms with Gasteiger partial charge >= 0.3 is 0 Å². The van der Waals surface area contributed by atoms with Crippen molar-refractivity contribution in [3.63, 3.8) is 0 Å². The Balaban J connectivity index is 0.000000200. The summed E-state index contributed by atoms with van der Waals surface area (Å²) in [5.74, 6) is -0.630. The Hall–Kier alpha value is -3.44. The minimum Gasteiger partial charge on any atom is -0.486 e. The molecule has 0 N–H and O–H groups in total. The van der Waals surface area contributed by atoms with E-state index in [1.165, 1.54) is 10.8 Å². The first-order chi connectivity index (χ1) is 20.2. The molecule has 0 fully saturated rings. The standard InChI is InChI=1S/C21H30NSi.C16H9N2O.Ir/c1-15(2)18-13-19(22-14-20(18)23(6,7)8)16-10-9-11-17(12-16)21(3,4)5;1-2-9-17-14(8-1)13-6-3-5-11-12-7-4-10-18-16(12)19-15(11)13;/h9,11-15H,1-8H3;1-5,7-10H;/q2*-1;/i15D;;. The van der Waals surface area contributed by atoms with E-state index in [-0.39, 0.29) is 25.5 Å². The third kappa shape index (κ3) is 7.21. The fourth-order valence-corrected chi connectivity index (χ4v) is 6.55. The van der Waals surface area contributed by atoms with Crippen molar-refractivity contribution in [3.05, 3.63) is 109 Å². The molecule has 0 spiro atoms. The molecule has 43 heavy (non-hydrogen) atoms. The summed E-state index contributed by atoms with van der Waals surface area (Å²) in [7, 11) is -1.55. The van der Waals surface area contributed by atoms with Gasteiger partial charge in [0.05, 0.1) is 13.7 Å². The quantitative estimate of drug-likeness (QED) is 0.133. The number of hydrogen-bond acceptors (Lipinski definition) is 4. The molecule has 6 heteroatoms. The van der Waals surface area contributed by atoms with Crippen LogP contribution in [0, 0.1) is 12.1 Å². The largest absolute Gasteiger partial charge is 0.486 e. The van der Waals surface area contributed by atoms with Gasteiger partial charge in [-0.15, -0.1) is 53.6 Å². The second-order valence-electron chi connectivity index (χ2n) is 12.9. The van der Waals surface area contributed by atoms with Gasteiger partial charge in [0.2, 0.25) is 5.71 Å². The Morgan fingerprint density at radius 3 is 2.26 bits per heavy atom. The Morgan fingerprint density at radius 2 is 1.58 bits per heavy atom. The van der Waals surface area contributed by atoms with Crippen LogP contribution in [-0.4, -0.2) is 23.0 Å². The van der Waals surface area contributed by atoms with E-state index >= 15 is 0 Å². The number of pyridine rings is 3. The molecule has 0 atom stereocenters. The van der Waals surface area contributed by atoms with Gasteiger partial charge in [0.25, 0.3) is 0 Å². The average Bonchev–Trinajstić information content (AvgIpc) is 3.35. The van der Waals surface area contributed by atoms with Gasteiger partial charge in [-0.05, 0) is 46.1 Å². The molecule has 6 rings (SSSR count). The molecule has 4 heterocycles. The van der Waals surface area contributed by atoms with Crippen LogP contribution < -0.4 is 5.19 Å². The zero-order chi connectivity index (χ0) is 31.0. The van der Waals surface area contributed by atoms with Crippen molar-refractivity contribution in [2.45, 2.75) is 65.6 Å². The normalized spacial score (nSPS) is 12.3. The second kappa shape index (κ2) is 13.0. The maximum absolute atomic E-state index is 8.58. The molecule has 0 aliphatic carbocycles. The van der Waals surface area contributed by atoms with E-state index in [1.807, 2.05) is 68.6 Å². The Morgan fingerprint density at radius 1 is 0.837 bits per heavy atom. The summed E-state index contributed by atoms with van der Waals surface area (Å²) < 4.78 is 14.4. The van der Waals surface area contributed by atoms with Crippen molar-refractivity contribution in [1.29, 1.82) is 0 Å². The van der Waals surface area contributed by atoms with Gasteiger partial charge in [-0.2, -0.15) is 0 Å². The van der Waals surface area contributed by atoms with Crippen molar-refractivity contribution >= 4 is 35.3 Å². The number of rotatable bonds is 4. The van der Waals surface area contributed by atoms with E-state index in [0.717, 1.165) is 44.4 Å². The Kier molecular flexibility index (Phi) is 9.41. The van der Waals surface area contributed by atoms with Crippen LogP contribution in [0.5, 0.6) is 0 Å². The number of furan rings is 1. The summed E-state index contributed by atoms with van der Waals surface area (Å²) in [6.45, 7) is 17.5. The van der Waals surface area contributed by atoms with Crippen LogP contribution in [0.3, 0.4) is 0 Å². The Bertz CT molecular complexity index is 1880. The van der Waals surface area contributed by atoms with Gasteiger partial charge in [0.1, 0.15) is 0 Å². The van der Waals surface area contributed by atoms with E-state index in [1.54, 1.807) is 12.4 Å². The van der Waals surface area contributed by atoms with Gasteiger partial charge < -0.3 is 14.4 Å². The molecule has 0 amide bonds. The maximum atomic E-state index is 8.58. The maximum Gasteiger partial charge on any atom is 0.216 e. The average molecular weight is 763 g/mol. The molecule has 2 aromatic carbocycles. The molecular formula is C37H39IrN3OSi-2. The summed E-state index contributed by atoms with van der Waals surface area (Å²) >= 11 is 0. The first-order valence-corrected chi connectivity index (χ1v) is 17.9. The van der Waals surface area contributed by atoms with Crippen LogP contribution in [0.2, 0.25) is 19.6 Å². The summed E-state index contributed by atoms with van der Waals surface area (Å²) in [5.41, 5.74) is 7.56. The number of aromatic nitrogens is 3. The van der Waals surface area contributed by atoms with Crippen LogP contribution >= 0.6 is 0 Å². The number of benzene rings is 2. The topological polar surface area (TPSA) is 51.8 Å². The molecule has 4 nitrogen and oxygen atoms in total. The fourth-order valence-electron chi connectivity index (χ4n) is 4.97. The minimum atomic E-state index is -1.55. The fraction of sp³-hybridized carbons (Fsp3) is 0.270. The Labute approximate surface area is 271 Å². The van der Waals surface area contributed by atoms with E-state index in [4.69, 9.17) is 10.8 Å². The van der Waals surface area contributed by atoms with E-state index in [2.05, 4.69) is 80.7 Å². The molecule has 0 unspecified atom stereocenters. The third-order valence-electron chi connectivity index (χ3n) is 7.32. The van der Waals surface area contributed by atoms with E-state index in [0.29, 0.717) is 5.71 Å². The van der Waals surface area contributed by atoms with Gasteiger partial charge in [0, 0.05) is 45.5 Å². The van der Waals surface area contributed by atoms with Gasteiger partial charge in [-0.3, -0.25) is 0 Å². The molecular weight excluding hydrogens is 723 g/mol. The molecule has 0 aliphatic heterocycles. The van der Waals surface area contributed by atoms with Crippen molar-refractivity contribution in [2.24, 2.45) is 0 Å². The number of nitrogens with zero attached hydrogens (tertiary/aromatic N) is 3. The molecule has 6 aromatic rings. The van der Waals surface area contributed by atoms with Gasteiger partial charge in [-0.25, -0.2) is 4.98 Å². The molecule has 0 aliphatic rings. The third-order valence-corrected chi connectivity index (χ3v) is 9.34. The van der Waals surface area contributed by atoms with E-state index < -0.39 is 14.0 Å². The zero-order valence-corrected chi connectivity index (χ0v) is 29.6. The molecule has 0 saturated carbocycles.